The quantitative estimate of drug-likeness (QED) is 0.626. The molecule has 144 valence electrons. The molecule has 0 spiro atoms. The smallest absolute Gasteiger partial charge is 0.243 e. The van der Waals surface area contributed by atoms with Crippen LogP contribution in [0.1, 0.15) is 0 Å². The third-order valence-corrected chi connectivity index (χ3v) is 7.55. The van der Waals surface area contributed by atoms with E-state index in [0.29, 0.717) is 18.8 Å². The molecule has 1 aliphatic rings. The number of benzene rings is 2. The Hall–Kier alpha value is -1.42. The Labute approximate surface area is 170 Å². The second-order valence-corrected chi connectivity index (χ2v) is 9.89. The van der Waals surface area contributed by atoms with Gasteiger partial charge in [-0.2, -0.15) is 4.31 Å². The Morgan fingerprint density at radius 2 is 1.78 bits per heavy atom. The lowest BCUT2D eigenvalue weighted by Gasteiger charge is -2.34. The van der Waals surface area contributed by atoms with E-state index in [0.717, 1.165) is 15.4 Å². The minimum absolute atomic E-state index is 0.0252. The van der Waals surface area contributed by atoms with Crippen molar-refractivity contribution in [1.29, 1.82) is 0 Å². The maximum absolute atomic E-state index is 13.3. The summed E-state index contributed by atoms with van der Waals surface area (Å²) in [6.07, 6.45) is 0. The molecule has 1 saturated heterocycles. The van der Waals surface area contributed by atoms with Crippen LogP contribution >= 0.6 is 27.7 Å². The van der Waals surface area contributed by atoms with Crippen LogP contribution in [0.3, 0.4) is 0 Å². The molecule has 9 heteroatoms. The molecule has 27 heavy (non-hydrogen) atoms. The predicted octanol–water partition coefficient (Wildman–Crippen LogP) is 3.21. The van der Waals surface area contributed by atoms with Gasteiger partial charge >= 0.3 is 0 Å². The Morgan fingerprint density at radius 1 is 1.07 bits per heavy atom. The molecule has 0 aromatic heterocycles. The lowest BCUT2D eigenvalue weighted by Crippen LogP contribution is -2.50. The van der Waals surface area contributed by atoms with Gasteiger partial charge in [-0.25, -0.2) is 12.8 Å². The van der Waals surface area contributed by atoms with Crippen LogP contribution in [0.4, 0.5) is 4.39 Å². The van der Waals surface area contributed by atoms with Crippen LogP contribution in [0.25, 0.3) is 0 Å². The number of carbonyl (C=O) groups is 1. The van der Waals surface area contributed by atoms with Crippen LogP contribution in [0.5, 0.6) is 0 Å². The molecule has 1 fully saturated rings. The van der Waals surface area contributed by atoms with Crippen molar-refractivity contribution in [3.8, 4) is 0 Å². The zero-order valence-electron chi connectivity index (χ0n) is 14.3. The largest absolute Gasteiger partial charge is 0.339 e. The van der Waals surface area contributed by atoms with Gasteiger partial charge in [0.1, 0.15) is 5.82 Å². The Morgan fingerprint density at radius 3 is 2.44 bits per heavy atom. The van der Waals surface area contributed by atoms with Crippen molar-refractivity contribution in [2.75, 3.05) is 31.9 Å². The molecular weight excluding hydrogens is 455 g/mol. The zero-order chi connectivity index (χ0) is 19.4. The Kier molecular flexibility index (Phi) is 6.56. The molecule has 2 aromatic carbocycles. The monoisotopic (exact) mass is 472 g/mol. The molecule has 0 N–H and O–H groups in total. The standard InChI is InChI=1S/C18H18BrFN2O3S2/c19-14-3-1-5-16(11-14)26-13-18(23)21-7-9-22(10-8-21)27(24,25)17-6-2-4-15(20)12-17/h1-6,11-12H,7-10,13H2. The van der Waals surface area contributed by atoms with Crippen LogP contribution < -0.4 is 0 Å². The fourth-order valence-corrected chi connectivity index (χ4v) is 5.61. The predicted molar refractivity (Wildman–Crippen MR) is 107 cm³/mol. The first-order valence-electron chi connectivity index (χ1n) is 8.28. The van der Waals surface area contributed by atoms with Gasteiger partial charge in [0.05, 0.1) is 10.6 Å². The van der Waals surface area contributed by atoms with Crippen LogP contribution in [-0.4, -0.2) is 55.5 Å². The van der Waals surface area contributed by atoms with Crippen molar-refractivity contribution in [2.45, 2.75) is 9.79 Å². The molecule has 0 aliphatic carbocycles. The lowest BCUT2D eigenvalue weighted by molar-refractivity contribution is -0.129. The summed E-state index contributed by atoms with van der Waals surface area (Å²) in [5.74, 6) is -0.315. The van der Waals surface area contributed by atoms with E-state index < -0.39 is 15.8 Å². The summed E-state index contributed by atoms with van der Waals surface area (Å²) in [7, 11) is -3.75. The molecule has 1 heterocycles. The van der Waals surface area contributed by atoms with E-state index in [9.17, 15) is 17.6 Å². The minimum atomic E-state index is -3.75. The van der Waals surface area contributed by atoms with Gasteiger partial charge in [0, 0.05) is 35.5 Å². The van der Waals surface area contributed by atoms with E-state index in [-0.39, 0.29) is 23.9 Å². The summed E-state index contributed by atoms with van der Waals surface area (Å²) in [4.78, 5) is 15.0. The fourth-order valence-electron chi connectivity index (χ4n) is 2.75. The molecule has 1 amide bonds. The average Bonchev–Trinajstić information content (AvgIpc) is 2.66. The average molecular weight is 473 g/mol. The van der Waals surface area contributed by atoms with E-state index >= 15 is 0 Å². The number of piperazine rings is 1. The number of thioether (sulfide) groups is 1. The number of amides is 1. The molecule has 0 saturated carbocycles. The van der Waals surface area contributed by atoms with E-state index in [1.165, 1.54) is 34.3 Å². The second kappa shape index (κ2) is 8.72. The van der Waals surface area contributed by atoms with E-state index in [4.69, 9.17) is 0 Å². The van der Waals surface area contributed by atoms with Gasteiger partial charge in [0.25, 0.3) is 0 Å². The molecule has 3 rings (SSSR count). The van der Waals surface area contributed by atoms with E-state index in [1.807, 2.05) is 24.3 Å². The second-order valence-electron chi connectivity index (χ2n) is 5.99. The van der Waals surface area contributed by atoms with Crippen molar-refractivity contribution in [1.82, 2.24) is 9.21 Å². The third-order valence-electron chi connectivity index (χ3n) is 4.18. The van der Waals surface area contributed by atoms with Gasteiger partial charge in [-0.15, -0.1) is 11.8 Å². The van der Waals surface area contributed by atoms with Gasteiger partial charge in [0.2, 0.25) is 15.9 Å². The number of halogens is 2. The maximum atomic E-state index is 13.3. The highest BCUT2D eigenvalue weighted by molar-refractivity contribution is 9.10. The summed E-state index contributed by atoms with van der Waals surface area (Å²) in [5.41, 5.74) is 0. The van der Waals surface area contributed by atoms with Crippen LogP contribution in [-0.2, 0) is 14.8 Å². The SMILES string of the molecule is O=C(CSc1cccc(Br)c1)N1CCN(S(=O)(=O)c2cccc(F)c2)CC1. The lowest BCUT2D eigenvalue weighted by atomic mass is 10.3. The highest BCUT2D eigenvalue weighted by Gasteiger charge is 2.30. The molecule has 0 unspecified atom stereocenters. The minimum Gasteiger partial charge on any atom is -0.339 e. The summed E-state index contributed by atoms with van der Waals surface area (Å²) in [5, 5.41) is 0. The molecule has 1 aliphatic heterocycles. The van der Waals surface area contributed by atoms with Crippen LogP contribution in [0, 0.1) is 5.82 Å². The third kappa shape index (κ3) is 5.10. The fraction of sp³-hybridized carbons (Fsp3) is 0.278. The molecule has 0 atom stereocenters. The first-order chi connectivity index (χ1) is 12.9. The summed E-state index contributed by atoms with van der Waals surface area (Å²) in [6, 6.07) is 12.7. The van der Waals surface area contributed by atoms with Crippen LogP contribution in [0.2, 0.25) is 0 Å². The van der Waals surface area contributed by atoms with E-state index in [1.54, 1.807) is 4.90 Å². The Bertz CT molecular complexity index is 932. The number of sulfonamides is 1. The topological polar surface area (TPSA) is 57.7 Å². The van der Waals surface area contributed by atoms with Gasteiger partial charge in [-0.1, -0.05) is 28.1 Å². The van der Waals surface area contributed by atoms with Crippen molar-refractivity contribution in [2.24, 2.45) is 0 Å². The number of carbonyl (C=O) groups excluding carboxylic acids is 1. The molecule has 0 bridgehead atoms. The first kappa shape index (κ1) is 20.3. The first-order valence-corrected chi connectivity index (χ1v) is 11.5. The van der Waals surface area contributed by atoms with Crippen molar-refractivity contribution in [3.63, 3.8) is 0 Å². The molecule has 0 radical (unpaired) electrons. The zero-order valence-corrected chi connectivity index (χ0v) is 17.6. The van der Waals surface area contributed by atoms with Crippen molar-refractivity contribution >= 4 is 43.6 Å². The van der Waals surface area contributed by atoms with Gasteiger partial charge < -0.3 is 4.90 Å². The Balaban J connectivity index is 1.56. The molecule has 5 nitrogen and oxygen atoms in total. The van der Waals surface area contributed by atoms with Crippen molar-refractivity contribution < 1.29 is 17.6 Å². The van der Waals surface area contributed by atoms with Gasteiger partial charge in [-0.05, 0) is 36.4 Å². The summed E-state index contributed by atoms with van der Waals surface area (Å²) < 4.78 is 40.8. The maximum Gasteiger partial charge on any atom is 0.243 e. The highest BCUT2D eigenvalue weighted by Crippen LogP contribution is 2.23. The molecular formula is C18H18BrFN2O3S2. The molecule has 2 aromatic rings. The summed E-state index contributed by atoms with van der Waals surface area (Å²) >= 11 is 4.85. The number of hydrogen-bond acceptors (Lipinski definition) is 4. The van der Waals surface area contributed by atoms with Gasteiger partial charge in [0.15, 0.2) is 0 Å². The van der Waals surface area contributed by atoms with Crippen LogP contribution in [0.15, 0.2) is 62.8 Å². The van der Waals surface area contributed by atoms with Gasteiger partial charge in [-0.3, -0.25) is 4.79 Å². The normalized spacial score (nSPS) is 15.7. The number of hydrogen-bond donors (Lipinski definition) is 0. The highest BCUT2D eigenvalue weighted by atomic mass is 79.9. The summed E-state index contributed by atoms with van der Waals surface area (Å²) in [6.45, 7) is 1.05. The van der Waals surface area contributed by atoms with E-state index in [2.05, 4.69) is 15.9 Å². The number of rotatable bonds is 5. The number of nitrogens with zero attached hydrogens (tertiary/aromatic N) is 2. The van der Waals surface area contributed by atoms with Crippen molar-refractivity contribution in [3.05, 3.63) is 58.8 Å².